The Morgan fingerprint density at radius 1 is 1.03 bits per heavy atom. The van der Waals surface area contributed by atoms with Crippen LogP contribution in [-0.4, -0.2) is 65.4 Å². The van der Waals surface area contributed by atoms with Crippen molar-refractivity contribution in [1.82, 2.24) is 14.8 Å². The maximum atomic E-state index is 12.9. The number of hydrogen-bond acceptors (Lipinski definition) is 7. The lowest BCUT2D eigenvalue weighted by Gasteiger charge is -2.28. The number of carbonyl (C=O) groups is 1. The molecule has 3 aromatic rings. The van der Waals surface area contributed by atoms with E-state index in [2.05, 4.69) is 43.2 Å². The minimum atomic E-state index is -0.0601. The van der Waals surface area contributed by atoms with E-state index < -0.39 is 0 Å². The topological polar surface area (TPSA) is 81.5 Å². The molecule has 1 aromatic heterocycles. The van der Waals surface area contributed by atoms with Gasteiger partial charge in [0.2, 0.25) is 11.9 Å². The number of nitrogens with one attached hydrogen (secondary N) is 1. The van der Waals surface area contributed by atoms with Crippen molar-refractivity contribution in [2.24, 2.45) is 0 Å². The van der Waals surface area contributed by atoms with Gasteiger partial charge >= 0.3 is 0 Å². The molecule has 35 heavy (non-hydrogen) atoms. The van der Waals surface area contributed by atoms with E-state index in [1.54, 1.807) is 0 Å². The molecular weight excluding hydrogens is 462 g/mol. The lowest BCUT2D eigenvalue weighted by Crippen LogP contribution is -2.38. The highest BCUT2D eigenvalue weighted by Crippen LogP contribution is 2.26. The average Bonchev–Trinajstić information content (AvgIpc) is 3.56. The summed E-state index contributed by atoms with van der Waals surface area (Å²) in [6, 6.07) is 18.2. The van der Waals surface area contributed by atoms with Gasteiger partial charge in [-0.05, 0) is 36.5 Å². The molecule has 1 N–H and O–H groups in total. The molecule has 2 fully saturated rings. The minimum absolute atomic E-state index is 0.0601. The van der Waals surface area contributed by atoms with Gasteiger partial charge < -0.3 is 19.7 Å². The van der Waals surface area contributed by atoms with E-state index in [0.29, 0.717) is 19.8 Å². The first-order valence-corrected chi connectivity index (χ1v) is 13.2. The second-order valence-electron chi connectivity index (χ2n) is 8.78. The van der Waals surface area contributed by atoms with Gasteiger partial charge in [-0.25, -0.2) is 0 Å². The SMILES string of the molecule is O=C(CSc1nnc(N2CCOCC2)n1C[C@H]1CCCO1)Nc1ccccc1Cc1ccccc1. The van der Waals surface area contributed by atoms with Crippen LogP contribution in [0.2, 0.25) is 0 Å². The molecule has 0 bridgehead atoms. The van der Waals surface area contributed by atoms with Crippen molar-refractivity contribution in [3.63, 3.8) is 0 Å². The summed E-state index contributed by atoms with van der Waals surface area (Å²) in [7, 11) is 0. The molecule has 2 aliphatic rings. The van der Waals surface area contributed by atoms with Crippen molar-refractivity contribution in [1.29, 1.82) is 0 Å². The fraction of sp³-hybridized carbons (Fsp3) is 0.423. The molecule has 184 valence electrons. The van der Waals surface area contributed by atoms with Gasteiger partial charge in [-0.15, -0.1) is 10.2 Å². The molecule has 5 rings (SSSR count). The standard InChI is InChI=1S/C26H31N5O3S/c32-24(27-23-11-5-4-9-21(23)17-20-7-2-1-3-8-20)19-35-26-29-28-25(30-12-15-33-16-13-30)31(26)18-22-10-6-14-34-22/h1-5,7-9,11,22H,6,10,12-19H2,(H,27,32)/t22-/m1/s1. The third-order valence-electron chi connectivity index (χ3n) is 6.26. The third-order valence-corrected chi connectivity index (χ3v) is 7.23. The van der Waals surface area contributed by atoms with Crippen LogP contribution in [0, 0.1) is 0 Å². The number of carbonyl (C=O) groups excluding carboxylic acids is 1. The molecule has 8 nitrogen and oxygen atoms in total. The van der Waals surface area contributed by atoms with Crippen molar-refractivity contribution < 1.29 is 14.3 Å². The van der Waals surface area contributed by atoms with Crippen LogP contribution in [0.15, 0.2) is 59.8 Å². The van der Waals surface area contributed by atoms with Gasteiger partial charge in [-0.1, -0.05) is 60.3 Å². The number of amides is 1. The van der Waals surface area contributed by atoms with Crippen LogP contribution in [-0.2, 0) is 27.2 Å². The Labute approximate surface area is 210 Å². The number of rotatable bonds is 9. The van der Waals surface area contributed by atoms with Crippen LogP contribution < -0.4 is 10.2 Å². The summed E-state index contributed by atoms with van der Waals surface area (Å²) >= 11 is 1.42. The monoisotopic (exact) mass is 493 g/mol. The molecule has 3 heterocycles. The van der Waals surface area contributed by atoms with Crippen LogP contribution in [0.5, 0.6) is 0 Å². The molecule has 0 saturated carbocycles. The van der Waals surface area contributed by atoms with Gasteiger partial charge in [-0.2, -0.15) is 0 Å². The summed E-state index contributed by atoms with van der Waals surface area (Å²) in [4.78, 5) is 15.1. The van der Waals surface area contributed by atoms with Crippen LogP contribution in [0.1, 0.15) is 24.0 Å². The van der Waals surface area contributed by atoms with Gasteiger partial charge in [-0.3, -0.25) is 9.36 Å². The Kier molecular flexibility index (Phi) is 7.97. The fourth-order valence-corrected chi connectivity index (χ4v) is 5.21. The van der Waals surface area contributed by atoms with Crippen molar-refractivity contribution in [3.8, 4) is 0 Å². The van der Waals surface area contributed by atoms with Crippen molar-refractivity contribution in [3.05, 3.63) is 65.7 Å². The number of morpholine rings is 1. The van der Waals surface area contributed by atoms with E-state index >= 15 is 0 Å². The van der Waals surface area contributed by atoms with Gasteiger partial charge in [0.1, 0.15) is 0 Å². The van der Waals surface area contributed by atoms with E-state index in [-0.39, 0.29) is 17.8 Å². The van der Waals surface area contributed by atoms with E-state index in [0.717, 1.165) is 61.3 Å². The highest BCUT2D eigenvalue weighted by molar-refractivity contribution is 7.99. The maximum absolute atomic E-state index is 12.9. The summed E-state index contributed by atoms with van der Waals surface area (Å²) < 4.78 is 13.5. The average molecular weight is 494 g/mol. The molecule has 2 aromatic carbocycles. The van der Waals surface area contributed by atoms with E-state index in [1.165, 1.54) is 17.3 Å². The van der Waals surface area contributed by atoms with Crippen LogP contribution >= 0.6 is 11.8 Å². The first-order valence-electron chi connectivity index (χ1n) is 12.2. The quantitative estimate of drug-likeness (QED) is 0.456. The Morgan fingerprint density at radius 3 is 2.63 bits per heavy atom. The first kappa shape index (κ1) is 23.8. The molecular formula is C26H31N5O3S. The smallest absolute Gasteiger partial charge is 0.234 e. The molecule has 2 saturated heterocycles. The summed E-state index contributed by atoms with van der Waals surface area (Å²) in [6.07, 6.45) is 3.03. The number of para-hydroxylation sites is 1. The van der Waals surface area contributed by atoms with Gasteiger partial charge in [0.15, 0.2) is 5.16 Å². The Hall–Kier alpha value is -2.88. The predicted molar refractivity (Wildman–Crippen MR) is 137 cm³/mol. The zero-order valence-electron chi connectivity index (χ0n) is 19.8. The molecule has 1 atom stereocenters. The predicted octanol–water partition coefficient (Wildman–Crippen LogP) is 3.62. The first-order chi connectivity index (χ1) is 17.3. The Morgan fingerprint density at radius 2 is 1.83 bits per heavy atom. The van der Waals surface area contributed by atoms with E-state index in [4.69, 9.17) is 9.47 Å². The normalized spacial score (nSPS) is 18.1. The zero-order valence-corrected chi connectivity index (χ0v) is 20.6. The van der Waals surface area contributed by atoms with E-state index in [9.17, 15) is 4.79 Å². The zero-order chi connectivity index (χ0) is 23.9. The number of nitrogens with zero attached hydrogens (tertiary/aromatic N) is 4. The number of thioether (sulfide) groups is 1. The third kappa shape index (κ3) is 6.22. The molecule has 0 radical (unpaired) electrons. The Bertz CT molecular complexity index is 1110. The van der Waals surface area contributed by atoms with Crippen LogP contribution in [0.3, 0.4) is 0 Å². The molecule has 0 unspecified atom stereocenters. The molecule has 0 spiro atoms. The summed E-state index contributed by atoms with van der Waals surface area (Å²) in [5.41, 5.74) is 3.14. The number of aromatic nitrogens is 3. The lowest BCUT2D eigenvalue weighted by molar-refractivity contribution is -0.113. The molecule has 0 aliphatic carbocycles. The minimum Gasteiger partial charge on any atom is -0.378 e. The van der Waals surface area contributed by atoms with Crippen molar-refractivity contribution in [2.45, 2.75) is 37.1 Å². The summed E-state index contributed by atoms with van der Waals surface area (Å²) in [5.74, 6) is 1.03. The second kappa shape index (κ2) is 11.7. The van der Waals surface area contributed by atoms with E-state index in [1.807, 2.05) is 36.4 Å². The highest BCUT2D eigenvalue weighted by atomic mass is 32.2. The number of ether oxygens (including phenoxy) is 2. The van der Waals surface area contributed by atoms with Crippen LogP contribution in [0.25, 0.3) is 0 Å². The van der Waals surface area contributed by atoms with Crippen molar-refractivity contribution in [2.75, 3.05) is 48.9 Å². The summed E-state index contributed by atoms with van der Waals surface area (Å²) in [6.45, 7) is 4.43. The number of benzene rings is 2. The van der Waals surface area contributed by atoms with Crippen LogP contribution in [0.4, 0.5) is 11.6 Å². The fourth-order valence-electron chi connectivity index (χ4n) is 4.47. The maximum Gasteiger partial charge on any atom is 0.234 e. The number of anilines is 2. The second-order valence-corrected chi connectivity index (χ2v) is 9.73. The Balaban J connectivity index is 1.25. The number of hydrogen-bond donors (Lipinski definition) is 1. The van der Waals surface area contributed by atoms with Crippen molar-refractivity contribution >= 4 is 29.3 Å². The molecule has 9 heteroatoms. The van der Waals surface area contributed by atoms with Gasteiger partial charge in [0.05, 0.1) is 31.6 Å². The van der Waals surface area contributed by atoms with Gasteiger partial charge in [0, 0.05) is 25.4 Å². The molecule has 2 aliphatic heterocycles. The molecule has 1 amide bonds. The summed E-state index contributed by atoms with van der Waals surface area (Å²) in [5, 5.41) is 12.8. The lowest BCUT2D eigenvalue weighted by atomic mass is 10.0. The largest absolute Gasteiger partial charge is 0.378 e. The highest BCUT2D eigenvalue weighted by Gasteiger charge is 2.25. The van der Waals surface area contributed by atoms with Gasteiger partial charge in [0.25, 0.3) is 0 Å².